The van der Waals surface area contributed by atoms with Crippen LogP contribution in [0.15, 0.2) is 29.1 Å². The van der Waals surface area contributed by atoms with Gasteiger partial charge in [0.05, 0.1) is 22.7 Å². The van der Waals surface area contributed by atoms with Crippen molar-refractivity contribution in [3.05, 3.63) is 45.2 Å². The van der Waals surface area contributed by atoms with Gasteiger partial charge in [-0.2, -0.15) is 13.2 Å². The van der Waals surface area contributed by atoms with Gasteiger partial charge in [-0.05, 0) is 19.1 Å². The second kappa shape index (κ2) is 6.00. The summed E-state index contributed by atoms with van der Waals surface area (Å²) in [6, 6.07) is 3.88. The molecule has 0 atom stereocenters. The van der Waals surface area contributed by atoms with E-state index < -0.39 is 29.8 Å². The van der Waals surface area contributed by atoms with E-state index in [1.54, 1.807) is 6.92 Å². The first kappa shape index (κ1) is 16.4. The van der Waals surface area contributed by atoms with E-state index in [-0.39, 0.29) is 22.5 Å². The fourth-order valence-corrected chi connectivity index (χ4v) is 2.27. The van der Waals surface area contributed by atoms with Crippen molar-refractivity contribution >= 4 is 28.5 Å². The average molecular weight is 334 g/mol. The van der Waals surface area contributed by atoms with Gasteiger partial charge in [0.2, 0.25) is 0 Å². The topological polar surface area (TPSA) is 48.3 Å². The van der Waals surface area contributed by atoms with E-state index in [0.717, 1.165) is 22.8 Å². The fraction of sp³-hybridized carbons (Fsp3) is 0.286. The lowest BCUT2D eigenvalue weighted by Gasteiger charge is -2.13. The van der Waals surface area contributed by atoms with Crippen molar-refractivity contribution in [3.63, 3.8) is 0 Å². The number of ether oxygens (including phenoxy) is 1. The van der Waals surface area contributed by atoms with Crippen LogP contribution in [0.1, 0.15) is 12.5 Å². The van der Waals surface area contributed by atoms with E-state index in [4.69, 9.17) is 16.3 Å². The van der Waals surface area contributed by atoms with Crippen molar-refractivity contribution in [1.82, 2.24) is 4.57 Å². The number of rotatable bonds is 3. The van der Waals surface area contributed by atoms with Gasteiger partial charge in [-0.3, -0.25) is 14.2 Å². The van der Waals surface area contributed by atoms with Crippen LogP contribution in [0.4, 0.5) is 13.2 Å². The van der Waals surface area contributed by atoms with Gasteiger partial charge in [0.1, 0.15) is 6.54 Å². The molecule has 0 fully saturated rings. The molecule has 118 valence electrons. The van der Waals surface area contributed by atoms with Gasteiger partial charge < -0.3 is 4.74 Å². The predicted molar refractivity (Wildman–Crippen MR) is 74.9 cm³/mol. The molecule has 0 aliphatic carbocycles. The Bertz CT molecular complexity index is 783. The second-order valence-corrected chi connectivity index (χ2v) is 4.86. The van der Waals surface area contributed by atoms with Crippen LogP contribution in [0.5, 0.6) is 0 Å². The molecule has 0 spiro atoms. The number of carbonyl (C=O) groups is 1. The molecule has 2 rings (SSSR count). The van der Waals surface area contributed by atoms with Gasteiger partial charge >= 0.3 is 12.1 Å². The molecule has 0 unspecified atom stereocenters. The molecule has 0 bridgehead atoms. The standard InChI is InChI=1S/C14H11ClF3NO3/c1-2-22-13(21)7-19-11-5-8(14(16,17)18)3-4-9(11)10(15)6-12(19)20/h3-6H,2,7H2,1H3. The van der Waals surface area contributed by atoms with Gasteiger partial charge in [-0.25, -0.2) is 0 Å². The third kappa shape index (κ3) is 3.24. The maximum atomic E-state index is 12.8. The Labute approximate surface area is 128 Å². The Morgan fingerprint density at radius 2 is 2.00 bits per heavy atom. The van der Waals surface area contributed by atoms with Gasteiger partial charge in [0.25, 0.3) is 5.56 Å². The van der Waals surface area contributed by atoms with E-state index in [2.05, 4.69) is 0 Å². The lowest BCUT2D eigenvalue weighted by Crippen LogP contribution is -2.25. The first-order valence-electron chi connectivity index (χ1n) is 6.30. The third-order valence-electron chi connectivity index (χ3n) is 2.98. The van der Waals surface area contributed by atoms with Crippen LogP contribution in [-0.2, 0) is 22.3 Å². The quantitative estimate of drug-likeness (QED) is 0.810. The Morgan fingerprint density at radius 1 is 1.32 bits per heavy atom. The first-order valence-corrected chi connectivity index (χ1v) is 6.67. The molecule has 1 aromatic heterocycles. The summed E-state index contributed by atoms with van der Waals surface area (Å²) in [5.74, 6) is -0.717. The van der Waals surface area contributed by atoms with Crippen molar-refractivity contribution in [2.45, 2.75) is 19.6 Å². The first-order chi connectivity index (χ1) is 10.2. The normalized spacial score (nSPS) is 11.7. The van der Waals surface area contributed by atoms with E-state index in [9.17, 15) is 22.8 Å². The molecule has 8 heteroatoms. The van der Waals surface area contributed by atoms with Crippen molar-refractivity contribution in [2.24, 2.45) is 0 Å². The van der Waals surface area contributed by atoms with E-state index >= 15 is 0 Å². The number of hydrogen-bond acceptors (Lipinski definition) is 3. The Balaban J connectivity index is 2.67. The van der Waals surface area contributed by atoms with Crippen LogP contribution in [0.25, 0.3) is 10.9 Å². The van der Waals surface area contributed by atoms with Crippen LogP contribution in [0, 0.1) is 0 Å². The minimum Gasteiger partial charge on any atom is -0.465 e. The minimum atomic E-state index is -4.57. The number of fused-ring (bicyclic) bond motifs is 1. The number of benzene rings is 1. The number of nitrogens with zero attached hydrogens (tertiary/aromatic N) is 1. The lowest BCUT2D eigenvalue weighted by molar-refractivity contribution is -0.143. The molecule has 0 aliphatic rings. The summed E-state index contributed by atoms with van der Waals surface area (Å²) in [5, 5.41) is 0.271. The molecule has 2 aromatic rings. The van der Waals surface area contributed by atoms with Crippen molar-refractivity contribution in [1.29, 1.82) is 0 Å². The van der Waals surface area contributed by atoms with Gasteiger partial charge in [-0.15, -0.1) is 0 Å². The number of esters is 1. The predicted octanol–water partition coefficient (Wildman–Crippen LogP) is 3.24. The summed E-state index contributed by atoms with van der Waals surface area (Å²) in [4.78, 5) is 23.5. The maximum absolute atomic E-state index is 12.8. The highest BCUT2D eigenvalue weighted by atomic mass is 35.5. The highest BCUT2D eigenvalue weighted by Gasteiger charge is 2.31. The molecule has 0 saturated heterocycles. The average Bonchev–Trinajstić information content (AvgIpc) is 2.42. The number of pyridine rings is 1. The molecular formula is C14H11ClF3NO3. The smallest absolute Gasteiger partial charge is 0.416 e. The van der Waals surface area contributed by atoms with Crippen LogP contribution in [0.2, 0.25) is 5.02 Å². The van der Waals surface area contributed by atoms with Crippen LogP contribution >= 0.6 is 11.6 Å². The number of hydrogen-bond donors (Lipinski definition) is 0. The Kier molecular flexibility index (Phi) is 4.46. The van der Waals surface area contributed by atoms with Gasteiger partial charge in [0.15, 0.2) is 0 Å². The fourth-order valence-electron chi connectivity index (χ4n) is 2.01. The zero-order chi connectivity index (χ0) is 16.5. The summed E-state index contributed by atoms with van der Waals surface area (Å²) >= 11 is 5.89. The van der Waals surface area contributed by atoms with Crippen molar-refractivity contribution in [3.8, 4) is 0 Å². The van der Waals surface area contributed by atoms with Crippen molar-refractivity contribution < 1.29 is 22.7 Å². The zero-order valence-electron chi connectivity index (χ0n) is 11.4. The molecule has 4 nitrogen and oxygen atoms in total. The number of carbonyl (C=O) groups excluding carboxylic acids is 1. The molecular weight excluding hydrogens is 323 g/mol. The lowest BCUT2D eigenvalue weighted by atomic mass is 10.1. The van der Waals surface area contributed by atoms with Crippen molar-refractivity contribution in [2.75, 3.05) is 6.61 Å². The molecule has 0 aliphatic heterocycles. The SMILES string of the molecule is CCOC(=O)Cn1c(=O)cc(Cl)c2ccc(C(F)(F)F)cc21. The van der Waals surface area contributed by atoms with Gasteiger partial charge in [-0.1, -0.05) is 17.7 Å². The molecule has 0 N–H and O–H groups in total. The van der Waals surface area contributed by atoms with Gasteiger partial charge in [0, 0.05) is 11.5 Å². The molecule has 1 aromatic carbocycles. The van der Waals surface area contributed by atoms with Crippen LogP contribution < -0.4 is 5.56 Å². The maximum Gasteiger partial charge on any atom is 0.416 e. The molecule has 0 radical (unpaired) electrons. The monoisotopic (exact) mass is 333 g/mol. The van der Waals surface area contributed by atoms with Crippen LogP contribution in [-0.4, -0.2) is 17.1 Å². The largest absolute Gasteiger partial charge is 0.465 e. The Morgan fingerprint density at radius 3 is 2.59 bits per heavy atom. The minimum absolute atomic E-state index is 0.0221. The second-order valence-electron chi connectivity index (χ2n) is 4.45. The number of alkyl halides is 3. The summed E-state index contributed by atoms with van der Waals surface area (Å²) in [6.07, 6.45) is -4.57. The summed E-state index contributed by atoms with van der Waals surface area (Å²) in [6.45, 7) is 1.21. The molecule has 0 saturated carbocycles. The van der Waals surface area contributed by atoms with E-state index in [0.29, 0.717) is 0 Å². The summed E-state index contributed by atoms with van der Waals surface area (Å²) < 4.78 is 44.1. The highest BCUT2D eigenvalue weighted by Crippen LogP contribution is 2.32. The Hall–Kier alpha value is -2.02. The zero-order valence-corrected chi connectivity index (χ0v) is 12.2. The summed E-state index contributed by atoms with van der Waals surface area (Å²) in [5.41, 5.74) is -1.68. The molecule has 1 heterocycles. The third-order valence-corrected chi connectivity index (χ3v) is 3.29. The summed E-state index contributed by atoms with van der Waals surface area (Å²) in [7, 11) is 0. The van der Waals surface area contributed by atoms with E-state index in [1.165, 1.54) is 6.07 Å². The molecule has 0 amide bonds. The molecule has 22 heavy (non-hydrogen) atoms. The number of halogens is 4. The van der Waals surface area contributed by atoms with E-state index in [1.807, 2.05) is 0 Å². The highest BCUT2D eigenvalue weighted by molar-refractivity contribution is 6.35. The van der Waals surface area contributed by atoms with Crippen LogP contribution in [0.3, 0.4) is 0 Å². The number of aromatic nitrogens is 1.